The lowest BCUT2D eigenvalue weighted by Gasteiger charge is -2.20. The van der Waals surface area contributed by atoms with Crippen LogP contribution in [0.5, 0.6) is 5.75 Å². The van der Waals surface area contributed by atoms with Gasteiger partial charge in [0, 0.05) is 13.1 Å². The highest BCUT2D eigenvalue weighted by atomic mass is 16.5. The highest BCUT2D eigenvalue weighted by Crippen LogP contribution is 2.19. The second kappa shape index (κ2) is 7.39. The van der Waals surface area contributed by atoms with Gasteiger partial charge >= 0.3 is 0 Å². The van der Waals surface area contributed by atoms with E-state index in [9.17, 15) is 0 Å². The molecular formula is C15H26N2O. The molecule has 0 bridgehead atoms. The lowest BCUT2D eigenvalue weighted by molar-refractivity contribution is 0.281. The number of nitrogens with zero attached hydrogens (tertiary/aromatic N) is 1. The van der Waals surface area contributed by atoms with Crippen molar-refractivity contribution in [3.8, 4) is 5.75 Å². The van der Waals surface area contributed by atoms with E-state index in [0.29, 0.717) is 12.5 Å². The summed E-state index contributed by atoms with van der Waals surface area (Å²) < 4.78 is 5.55. The van der Waals surface area contributed by atoms with Crippen molar-refractivity contribution >= 4 is 0 Å². The van der Waals surface area contributed by atoms with Crippen molar-refractivity contribution in [2.75, 3.05) is 26.7 Å². The first-order chi connectivity index (χ1) is 8.56. The van der Waals surface area contributed by atoms with E-state index >= 15 is 0 Å². The maximum atomic E-state index is 5.65. The summed E-state index contributed by atoms with van der Waals surface area (Å²) in [6, 6.07) is 6.41. The Morgan fingerprint density at radius 1 is 1.39 bits per heavy atom. The third-order valence-corrected chi connectivity index (χ3v) is 3.02. The Hall–Kier alpha value is -1.06. The number of nitrogens with two attached hydrogens (primary N) is 1. The molecule has 102 valence electrons. The summed E-state index contributed by atoms with van der Waals surface area (Å²) in [5.41, 5.74) is 8.17. The molecule has 3 nitrogen and oxygen atoms in total. The molecule has 1 atom stereocenters. The predicted octanol–water partition coefficient (Wildman–Crippen LogP) is 2.42. The van der Waals surface area contributed by atoms with E-state index in [1.165, 1.54) is 11.1 Å². The number of aryl methyl sites for hydroxylation is 1. The molecule has 0 aromatic heterocycles. The van der Waals surface area contributed by atoms with Crippen LogP contribution in [0.1, 0.15) is 25.0 Å². The first kappa shape index (κ1) is 15.0. The summed E-state index contributed by atoms with van der Waals surface area (Å²) in [4.78, 5) is 2.31. The molecule has 18 heavy (non-hydrogen) atoms. The monoisotopic (exact) mass is 250 g/mol. The first-order valence-electron chi connectivity index (χ1n) is 6.67. The molecule has 0 saturated heterocycles. The fourth-order valence-corrected chi connectivity index (χ4v) is 2.11. The summed E-state index contributed by atoms with van der Waals surface area (Å²) in [7, 11) is 2.14. The minimum absolute atomic E-state index is 0.541. The van der Waals surface area contributed by atoms with Crippen LogP contribution in [0.3, 0.4) is 0 Å². The van der Waals surface area contributed by atoms with Gasteiger partial charge in [0.25, 0.3) is 0 Å². The minimum atomic E-state index is 0.541. The van der Waals surface area contributed by atoms with Crippen LogP contribution in [0.25, 0.3) is 0 Å². The minimum Gasteiger partial charge on any atom is -0.494 e. The van der Waals surface area contributed by atoms with E-state index in [-0.39, 0.29) is 0 Å². The second-order valence-corrected chi connectivity index (χ2v) is 5.07. The van der Waals surface area contributed by atoms with E-state index in [2.05, 4.69) is 44.0 Å². The van der Waals surface area contributed by atoms with Gasteiger partial charge in [0.2, 0.25) is 0 Å². The van der Waals surface area contributed by atoms with Gasteiger partial charge in [-0.15, -0.1) is 0 Å². The van der Waals surface area contributed by atoms with Gasteiger partial charge in [0.1, 0.15) is 5.75 Å². The Morgan fingerprint density at radius 3 is 2.67 bits per heavy atom. The molecule has 0 saturated carbocycles. The van der Waals surface area contributed by atoms with E-state index in [1.54, 1.807) is 0 Å². The lowest BCUT2D eigenvalue weighted by Crippen LogP contribution is -2.28. The molecule has 1 aromatic rings. The van der Waals surface area contributed by atoms with E-state index in [4.69, 9.17) is 10.5 Å². The van der Waals surface area contributed by atoms with Crippen LogP contribution in [0, 0.1) is 12.8 Å². The van der Waals surface area contributed by atoms with Gasteiger partial charge in [0.15, 0.2) is 0 Å². The van der Waals surface area contributed by atoms with Crippen LogP contribution in [-0.4, -0.2) is 31.6 Å². The maximum absolute atomic E-state index is 5.65. The molecular weight excluding hydrogens is 224 g/mol. The number of hydrogen-bond donors (Lipinski definition) is 1. The van der Waals surface area contributed by atoms with E-state index in [1.807, 2.05) is 6.92 Å². The smallest absolute Gasteiger partial charge is 0.122 e. The van der Waals surface area contributed by atoms with Gasteiger partial charge in [-0.3, -0.25) is 0 Å². The van der Waals surface area contributed by atoms with Crippen molar-refractivity contribution in [2.45, 2.75) is 27.3 Å². The third-order valence-electron chi connectivity index (χ3n) is 3.02. The molecule has 0 aliphatic rings. The van der Waals surface area contributed by atoms with Crippen molar-refractivity contribution in [1.82, 2.24) is 4.90 Å². The van der Waals surface area contributed by atoms with Gasteiger partial charge in [-0.05, 0) is 50.6 Å². The van der Waals surface area contributed by atoms with Gasteiger partial charge in [-0.25, -0.2) is 0 Å². The molecule has 1 unspecified atom stereocenters. The average Bonchev–Trinajstić information content (AvgIpc) is 2.32. The van der Waals surface area contributed by atoms with Gasteiger partial charge in [-0.1, -0.05) is 19.1 Å². The molecule has 0 spiro atoms. The number of rotatable bonds is 7. The third kappa shape index (κ3) is 4.67. The zero-order valence-corrected chi connectivity index (χ0v) is 12.1. The van der Waals surface area contributed by atoms with E-state index in [0.717, 1.165) is 25.4 Å². The van der Waals surface area contributed by atoms with E-state index < -0.39 is 0 Å². The second-order valence-electron chi connectivity index (χ2n) is 5.07. The Bertz CT molecular complexity index is 366. The van der Waals surface area contributed by atoms with Crippen molar-refractivity contribution in [3.05, 3.63) is 29.3 Å². The summed E-state index contributed by atoms with van der Waals surface area (Å²) in [6.07, 6.45) is 0. The van der Waals surface area contributed by atoms with Crippen LogP contribution < -0.4 is 10.5 Å². The Morgan fingerprint density at radius 2 is 2.11 bits per heavy atom. The summed E-state index contributed by atoms with van der Waals surface area (Å²) in [5, 5.41) is 0. The van der Waals surface area contributed by atoms with Gasteiger partial charge < -0.3 is 15.4 Å². The molecule has 0 aliphatic heterocycles. The zero-order valence-electron chi connectivity index (χ0n) is 12.1. The van der Waals surface area contributed by atoms with Crippen LogP contribution in [0.4, 0.5) is 0 Å². The Balaban J connectivity index is 2.59. The molecule has 1 aromatic carbocycles. The van der Waals surface area contributed by atoms with Crippen LogP contribution in [0.15, 0.2) is 18.2 Å². The number of benzene rings is 1. The Kier molecular flexibility index (Phi) is 6.16. The quantitative estimate of drug-likeness (QED) is 0.807. The van der Waals surface area contributed by atoms with Crippen LogP contribution in [0.2, 0.25) is 0 Å². The number of hydrogen-bond acceptors (Lipinski definition) is 3. The highest BCUT2D eigenvalue weighted by molar-refractivity contribution is 5.36. The zero-order chi connectivity index (χ0) is 13.5. The van der Waals surface area contributed by atoms with Crippen molar-refractivity contribution in [2.24, 2.45) is 11.7 Å². The maximum Gasteiger partial charge on any atom is 0.122 e. The topological polar surface area (TPSA) is 38.5 Å². The van der Waals surface area contributed by atoms with Gasteiger partial charge in [0.05, 0.1) is 6.61 Å². The highest BCUT2D eigenvalue weighted by Gasteiger charge is 2.07. The first-order valence-corrected chi connectivity index (χ1v) is 6.67. The van der Waals surface area contributed by atoms with Crippen molar-refractivity contribution in [1.29, 1.82) is 0 Å². The van der Waals surface area contributed by atoms with Crippen molar-refractivity contribution < 1.29 is 4.74 Å². The molecule has 0 fully saturated rings. The predicted molar refractivity (Wildman–Crippen MR) is 76.9 cm³/mol. The molecule has 0 aliphatic carbocycles. The Labute approximate surface area is 111 Å². The van der Waals surface area contributed by atoms with Crippen LogP contribution >= 0.6 is 0 Å². The molecule has 0 radical (unpaired) electrons. The SMILES string of the molecule is CCOc1ccc(CN(C)CC(C)CN)cc1C. The standard InChI is InChI=1S/C15H26N2O/c1-5-18-15-7-6-14(8-13(15)3)11-17(4)10-12(2)9-16/h6-8,12H,5,9-11,16H2,1-4H3. The summed E-state index contributed by atoms with van der Waals surface area (Å²) in [6.45, 7) is 9.73. The largest absolute Gasteiger partial charge is 0.494 e. The average molecular weight is 250 g/mol. The molecule has 0 amide bonds. The fourth-order valence-electron chi connectivity index (χ4n) is 2.11. The van der Waals surface area contributed by atoms with Crippen molar-refractivity contribution in [3.63, 3.8) is 0 Å². The summed E-state index contributed by atoms with van der Waals surface area (Å²) >= 11 is 0. The van der Waals surface area contributed by atoms with Crippen LogP contribution in [-0.2, 0) is 6.54 Å². The number of ether oxygens (including phenoxy) is 1. The fraction of sp³-hybridized carbons (Fsp3) is 0.600. The normalized spacial score (nSPS) is 12.8. The molecule has 0 heterocycles. The molecule has 2 N–H and O–H groups in total. The summed E-state index contributed by atoms with van der Waals surface area (Å²) in [5.74, 6) is 1.53. The molecule has 3 heteroatoms. The molecule has 1 rings (SSSR count). The van der Waals surface area contributed by atoms with Gasteiger partial charge in [-0.2, -0.15) is 0 Å². The lowest BCUT2D eigenvalue weighted by atomic mass is 10.1.